The molecule has 0 spiro atoms. The summed E-state index contributed by atoms with van der Waals surface area (Å²) in [6.07, 6.45) is 1.53. The fraction of sp³-hybridized carbons (Fsp3) is 0.533. The topological polar surface area (TPSA) is 81.4 Å². The summed E-state index contributed by atoms with van der Waals surface area (Å²) in [6, 6.07) is 5.02. The van der Waals surface area contributed by atoms with Crippen LogP contribution in [0.15, 0.2) is 18.2 Å². The van der Waals surface area contributed by atoms with Crippen molar-refractivity contribution >= 4 is 16.7 Å². The van der Waals surface area contributed by atoms with E-state index in [1.54, 1.807) is 0 Å². The maximum absolute atomic E-state index is 11.8. The molecule has 0 aliphatic carbocycles. The number of hydrogen-bond acceptors (Lipinski definition) is 4. The highest BCUT2D eigenvalue weighted by molar-refractivity contribution is 7.84. The zero-order chi connectivity index (χ0) is 16.0. The van der Waals surface area contributed by atoms with Crippen LogP contribution in [0.1, 0.15) is 18.1 Å². The molecule has 0 fully saturated rings. The number of nitrogens with one attached hydrogen (secondary N) is 1. The Labute approximate surface area is 128 Å². The molecule has 1 amide bonds. The minimum Gasteiger partial charge on any atom is -0.491 e. The molecule has 3 atom stereocenters. The monoisotopic (exact) mass is 312 g/mol. The molecule has 1 rings (SSSR count). The third-order valence-corrected chi connectivity index (χ3v) is 3.85. The molecule has 0 bridgehead atoms. The van der Waals surface area contributed by atoms with Gasteiger partial charge in [-0.05, 0) is 31.9 Å². The van der Waals surface area contributed by atoms with Crippen molar-refractivity contribution in [3.63, 3.8) is 0 Å². The van der Waals surface area contributed by atoms with Gasteiger partial charge in [0.25, 0.3) is 0 Å². The van der Waals surface area contributed by atoms with Gasteiger partial charge in [-0.25, -0.2) is 0 Å². The van der Waals surface area contributed by atoms with Crippen LogP contribution in [0, 0.1) is 13.8 Å². The van der Waals surface area contributed by atoms with Crippen LogP contribution in [0.5, 0.6) is 5.75 Å². The summed E-state index contributed by atoms with van der Waals surface area (Å²) in [5, 5.41) is 2.77. The van der Waals surface area contributed by atoms with Crippen molar-refractivity contribution in [2.24, 2.45) is 5.73 Å². The normalized spacial score (nSPS) is 15.1. The van der Waals surface area contributed by atoms with Gasteiger partial charge < -0.3 is 15.8 Å². The van der Waals surface area contributed by atoms with Crippen LogP contribution < -0.4 is 15.8 Å². The Bertz CT molecular complexity index is 499. The highest BCUT2D eigenvalue weighted by Crippen LogP contribution is 2.22. The number of benzene rings is 1. The van der Waals surface area contributed by atoms with Gasteiger partial charge in [0, 0.05) is 22.8 Å². The average molecular weight is 312 g/mol. The van der Waals surface area contributed by atoms with Gasteiger partial charge in [0.15, 0.2) is 0 Å². The van der Waals surface area contributed by atoms with Crippen LogP contribution in [0.4, 0.5) is 0 Å². The van der Waals surface area contributed by atoms with Gasteiger partial charge in [-0.1, -0.05) is 18.2 Å². The Hall–Kier alpha value is -1.40. The SMILES string of the molecule is Cc1cccc(C)c1OCC(C)NC(=O)[C@@H](N)CS(C)=O. The van der Waals surface area contributed by atoms with Gasteiger partial charge in [0.1, 0.15) is 12.4 Å². The largest absolute Gasteiger partial charge is 0.491 e. The first-order valence-electron chi connectivity index (χ1n) is 6.86. The summed E-state index contributed by atoms with van der Waals surface area (Å²) in [7, 11) is -1.09. The molecule has 0 saturated heterocycles. The molecule has 0 radical (unpaired) electrons. The second-order valence-electron chi connectivity index (χ2n) is 5.29. The third kappa shape index (κ3) is 5.85. The lowest BCUT2D eigenvalue weighted by atomic mass is 10.1. The minimum atomic E-state index is -1.09. The average Bonchev–Trinajstić information content (AvgIpc) is 2.37. The van der Waals surface area contributed by atoms with Gasteiger partial charge in [-0.3, -0.25) is 9.00 Å². The van der Waals surface area contributed by atoms with Crippen molar-refractivity contribution < 1.29 is 13.7 Å². The minimum absolute atomic E-state index is 0.163. The van der Waals surface area contributed by atoms with E-state index in [1.807, 2.05) is 39.0 Å². The van der Waals surface area contributed by atoms with Gasteiger partial charge in [-0.15, -0.1) is 0 Å². The van der Waals surface area contributed by atoms with E-state index < -0.39 is 16.8 Å². The summed E-state index contributed by atoms with van der Waals surface area (Å²) in [6.45, 7) is 6.18. The Morgan fingerprint density at radius 2 is 1.95 bits per heavy atom. The second kappa shape index (κ2) is 8.14. The molecular weight excluding hydrogens is 288 g/mol. The number of hydrogen-bond donors (Lipinski definition) is 2. The number of nitrogens with two attached hydrogens (primary N) is 1. The van der Waals surface area contributed by atoms with Crippen LogP contribution in [-0.4, -0.2) is 40.8 Å². The number of carbonyl (C=O) groups excluding carboxylic acids is 1. The number of carbonyl (C=O) groups is 1. The number of ether oxygens (including phenoxy) is 1. The number of amides is 1. The predicted molar refractivity (Wildman–Crippen MR) is 85.9 cm³/mol. The molecule has 0 aliphatic heterocycles. The molecule has 118 valence electrons. The highest BCUT2D eigenvalue weighted by atomic mass is 32.2. The van der Waals surface area contributed by atoms with Gasteiger partial charge >= 0.3 is 0 Å². The lowest BCUT2D eigenvalue weighted by molar-refractivity contribution is -0.122. The van der Waals surface area contributed by atoms with E-state index in [2.05, 4.69) is 5.32 Å². The maximum atomic E-state index is 11.8. The second-order valence-corrected chi connectivity index (χ2v) is 6.77. The van der Waals surface area contributed by atoms with Crippen LogP contribution in [0.2, 0.25) is 0 Å². The fourth-order valence-corrected chi connectivity index (χ4v) is 2.61. The first-order valence-corrected chi connectivity index (χ1v) is 8.59. The van der Waals surface area contributed by atoms with E-state index in [9.17, 15) is 9.00 Å². The summed E-state index contributed by atoms with van der Waals surface area (Å²) >= 11 is 0. The summed E-state index contributed by atoms with van der Waals surface area (Å²) in [5.41, 5.74) is 7.80. The quantitative estimate of drug-likeness (QED) is 0.783. The molecule has 21 heavy (non-hydrogen) atoms. The molecule has 1 aromatic rings. The lowest BCUT2D eigenvalue weighted by Crippen LogP contribution is -2.48. The Morgan fingerprint density at radius 3 is 2.48 bits per heavy atom. The van der Waals surface area contributed by atoms with Crippen molar-refractivity contribution in [1.29, 1.82) is 0 Å². The van der Waals surface area contributed by atoms with Crippen molar-refractivity contribution in [3.05, 3.63) is 29.3 Å². The molecule has 5 nitrogen and oxygen atoms in total. The van der Waals surface area contributed by atoms with Gasteiger partial charge in [-0.2, -0.15) is 0 Å². The molecule has 0 heterocycles. The summed E-state index contributed by atoms with van der Waals surface area (Å²) < 4.78 is 16.8. The zero-order valence-electron chi connectivity index (χ0n) is 13.0. The van der Waals surface area contributed by atoms with Crippen LogP contribution in [-0.2, 0) is 15.6 Å². The van der Waals surface area contributed by atoms with E-state index in [-0.39, 0.29) is 17.7 Å². The molecule has 0 aromatic heterocycles. The van der Waals surface area contributed by atoms with E-state index in [4.69, 9.17) is 10.5 Å². The number of para-hydroxylation sites is 1. The van der Waals surface area contributed by atoms with Crippen LogP contribution in [0.25, 0.3) is 0 Å². The first-order chi connectivity index (χ1) is 9.81. The highest BCUT2D eigenvalue weighted by Gasteiger charge is 2.17. The van der Waals surface area contributed by atoms with Crippen LogP contribution >= 0.6 is 0 Å². The Morgan fingerprint density at radius 1 is 1.38 bits per heavy atom. The van der Waals surface area contributed by atoms with E-state index in [1.165, 1.54) is 6.26 Å². The van der Waals surface area contributed by atoms with Crippen molar-refractivity contribution in [2.45, 2.75) is 32.9 Å². The summed E-state index contributed by atoms with van der Waals surface area (Å²) in [5.74, 6) is 0.705. The Balaban J connectivity index is 2.49. The first kappa shape index (κ1) is 17.7. The lowest BCUT2D eigenvalue weighted by Gasteiger charge is -2.19. The molecule has 6 heteroatoms. The molecule has 2 unspecified atom stereocenters. The van der Waals surface area contributed by atoms with E-state index in [0.717, 1.165) is 16.9 Å². The molecule has 0 saturated carbocycles. The smallest absolute Gasteiger partial charge is 0.238 e. The molecule has 1 aromatic carbocycles. The molecule has 0 aliphatic rings. The number of aryl methyl sites for hydroxylation is 2. The Kier molecular flexibility index (Phi) is 6.84. The standard InChI is InChI=1S/C15H24N2O3S/c1-10-6-5-7-11(2)14(10)20-8-12(3)17-15(18)13(16)9-21(4)19/h5-7,12-13H,8-9,16H2,1-4H3,(H,17,18)/t12?,13-,21?/m0/s1. The predicted octanol–water partition coefficient (Wildman–Crippen LogP) is 0.893. The zero-order valence-corrected chi connectivity index (χ0v) is 13.8. The van der Waals surface area contributed by atoms with Crippen LogP contribution in [0.3, 0.4) is 0 Å². The van der Waals surface area contributed by atoms with Crippen molar-refractivity contribution in [3.8, 4) is 5.75 Å². The molecular formula is C15H24N2O3S. The third-order valence-electron chi connectivity index (χ3n) is 3.03. The summed E-state index contributed by atoms with van der Waals surface area (Å²) in [4.78, 5) is 11.8. The number of rotatable bonds is 7. The fourth-order valence-electron chi connectivity index (χ4n) is 1.96. The van der Waals surface area contributed by atoms with Crippen molar-refractivity contribution in [2.75, 3.05) is 18.6 Å². The van der Waals surface area contributed by atoms with E-state index >= 15 is 0 Å². The van der Waals surface area contributed by atoms with Gasteiger partial charge in [0.2, 0.25) is 5.91 Å². The molecule has 3 N–H and O–H groups in total. The van der Waals surface area contributed by atoms with Gasteiger partial charge in [0.05, 0.1) is 12.1 Å². The maximum Gasteiger partial charge on any atom is 0.238 e. The van der Waals surface area contributed by atoms with E-state index in [0.29, 0.717) is 6.61 Å². The van der Waals surface area contributed by atoms with Crippen molar-refractivity contribution in [1.82, 2.24) is 5.32 Å².